The van der Waals surface area contributed by atoms with Gasteiger partial charge in [0.1, 0.15) is 5.82 Å². The van der Waals surface area contributed by atoms with Gasteiger partial charge < -0.3 is 10.2 Å². The van der Waals surface area contributed by atoms with E-state index in [9.17, 15) is 18.0 Å². The maximum absolute atomic E-state index is 13.7. The van der Waals surface area contributed by atoms with Crippen molar-refractivity contribution in [2.24, 2.45) is 0 Å². The van der Waals surface area contributed by atoms with Crippen LogP contribution in [0.25, 0.3) is 0 Å². The van der Waals surface area contributed by atoms with Crippen LogP contribution in [0.4, 0.5) is 30.4 Å². The lowest BCUT2D eigenvalue weighted by Gasteiger charge is -2.30. The fourth-order valence-corrected chi connectivity index (χ4v) is 3.27. The second-order valence-electron chi connectivity index (χ2n) is 6.47. The summed E-state index contributed by atoms with van der Waals surface area (Å²) in [6.45, 7) is 0.815. The van der Waals surface area contributed by atoms with E-state index in [0.717, 1.165) is 37.2 Å². The zero-order chi connectivity index (χ0) is 19.7. The summed E-state index contributed by atoms with van der Waals surface area (Å²) in [5, 5.41) is 2.23. The van der Waals surface area contributed by atoms with Crippen LogP contribution < -0.4 is 10.2 Å². The standard InChI is InChI=1S/C21H16F3N3O/c22-15-8-9-16(20(24)19(15)23)26-21(28)14-7-10-18(25-12-14)27-11-3-5-13-4-1-2-6-17(13)27/h1-2,4,6-10,12H,3,5,11H2,(H,26,28). The van der Waals surface area contributed by atoms with Crippen molar-refractivity contribution in [2.45, 2.75) is 12.8 Å². The molecule has 7 heteroatoms. The molecule has 0 aliphatic carbocycles. The Kier molecular flexibility index (Phi) is 4.73. The number of para-hydroxylation sites is 1. The third-order valence-corrected chi connectivity index (χ3v) is 4.68. The highest BCUT2D eigenvalue weighted by molar-refractivity contribution is 6.04. The minimum atomic E-state index is -1.63. The molecular formula is C21H16F3N3O. The predicted octanol–water partition coefficient (Wildman–Crippen LogP) is 4.84. The molecule has 4 nitrogen and oxygen atoms in total. The Balaban J connectivity index is 1.54. The number of hydrogen-bond donors (Lipinski definition) is 1. The number of benzene rings is 2. The van der Waals surface area contributed by atoms with E-state index in [1.165, 1.54) is 11.8 Å². The van der Waals surface area contributed by atoms with Gasteiger partial charge in [0.15, 0.2) is 17.5 Å². The molecule has 0 fully saturated rings. The smallest absolute Gasteiger partial charge is 0.257 e. The number of anilines is 3. The molecule has 2 aromatic carbocycles. The number of pyridine rings is 1. The monoisotopic (exact) mass is 383 g/mol. The number of carbonyl (C=O) groups excluding carboxylic acids is 1. The summed E-state index contributed by atoms with van der Waals surface area (Å²) in [6.07, 6.45) is 3.38. The minimum Gasteiger partial charge on any atom is -0.326 e. The molecule has 0 saturated heterocycles. The second-order valence-corrected chi connectivity index (χ2v) is 6.47. The van der Waals surface area contributed by atoms with Crippen LogP contribution in [0.15, 0.2) is 54.7 Å². The van der Waals surface area contributed by atoms with E-state index in [1.807, 2.05) is 18.2 Å². The van der Waals surface area contributed by atoms with Crippen LogP contribution in [0, 0.1) is 17.5 Å². The highest BCUT2D eigenvalue weighted by atomic mass is 19.2. The maximum atomic E-state index is 13.7. The highest BCUT2D eigenvalue weighted by Crippen LogP contribution is 2.32. The van der Waals surface area contributed by atoms with E-state index in [2.05, 4.69) is 21.3 Å². The van der Waals surface area contributed by atoms with Crippen molar-refractivity contribution >= 4 is 23.1 Å². The zero-order valence-corrected chi connectivity index (χ0v) is 14.8. The molecule has 142 valence electrons. The van der Waals surface area contributed by atoms with Crippen molar-refractivity contribution in [2.75, 3.05) is 16.8 Å². The minimum absolute atomic E-state index is 0.179. The number of nitrogens with one attached hydrogen (secondary N) is 1. The molecule has 2 heterocycles. The summed E-state index contributed by atoms with van der Waals surface area (Å²) in [5.41, 5.74) is 2.07. The predicted molar refractivity (Wildman–Crippen MR) is 100 cm³/mol. The largest absolute Gasteiger partial charge is 0.326 e. The first-order valence-electron chi connectivity index (χ1n) is 8.81. The van der Waals surface area contributed by atoms with Crippen LogP contribution >= 0.6 is 0 Å². The Labute approximate surface area is 159 Å². The number of nitrogens with zero attached hydrogens (tertiary/aromatic N) is 2. The molecule has 0 atom stereocenters. The fraction of sp³-hybridized carbons (Fsp3) is 0.143. The van der Waals surface area contributed by atoms with Gasteiger partial charge in [0.2, 0.25) is 0 Å². The molecule has 1 N–H and O–H groups in total. The van der Waals surface area contributed by atoms with Crippen molar-refractivity contribution in [1.82, 2.24) is 4.98 Å². The molecule has 0 radical (unpaired) electrons. The quantitative estimate of drug-likeness (QED) is 0.659. The van der Waals surface area contributed by atoms with Crippen molar-refractivity contribution in [3.63, 3.8) is 0 Å². The van der Waals surface area contributed by atoms with E-state index in [-0.39, 0.29) is 5.56 Å². The van der Waals surface area contributed by atoms with Gasteiger partial charge >= 0.3 is 0 Å². The number of aryl methyl sites for hydroxylation is 1. The average Bonchev–Trinajstić information content (AvgIpc) is 2.74. The molecule has 0 bridgehead atoms. The lowest BCUT2D eigenvalue weighted by atomic mass is 10.0. The molecule has 1 aromatic heterocycles. The maximum Gasteiger partial charge on any atom is 0.257 e. The normalized spacial score (nSPS) is 13.2. The number of aromatic nitrogens is 1. The van der Waals surface area contributed by atoms with E-state index < -0.39 is 29.0 Å². The molecule has 0 unspecified atom stereocenters. The summed E-state index contributed by atoms with van der Waals surface area (Å²) < 4.78 is 40.0. The Morgan fingerprint density at radius 1 is 1.00 bits per heavy atom. The molecule has 1 aliphatic rings. The molecule has 28 heavy (non-hydrogen) atoms. The van der Waals surface area contributed by atoms with Gasteiger partial charge in [-0.2, -0.15) is 0 Å². The van der Waals surface area contributed by atoms with Crippen LogP contribution in [0.5, 0.6) is 0 Å². The summed E-state index contributed by atoms with van der Waals surface area (Å²) in [5.74, 6) is -4.35. The summed E-state index contributed by atoms with van der Waals surface area (Å²) in [7, 11) is 0. The number of carbonyl (C=O) groups is 1. The third kappa shape index (κ3) is 3.31. The highest BCUT2D eigenvalue weighted by Gasteiger charge is 2.20. The van der Waals surface area contributed by atoms with Crippen LogP contribution in [0.2, 0.25) is 0 Å². The Bertz CT molecular complexity index is 1040. The molecular weight excluding hydrogens is 367 g/mol. The van der Waals surface area contributed by atoms with Crippen LogP contribution in [-0.2, 0) is 6.42 Å². The zero-order valence-electron chi connectivity index (χ0n) is 14.8. The first-order valence-corrected chi connectivity index (χ1v) is 8.81. The van der Waals surface area contributed by atoms with Gasteiger partial charge in [0.25, 0.3) is 5.91 Å². The molecule has 1 aliphatic heterocycles. The Hall–Kier alpha value is -3.35. The van der Waals surface area contributed by atoms with E-state index in [4.69, 9.17) is 0 Å². The van der Waals surface area contributed by atoms with Crippen molar-refractivity contribution < 1.29 is 18.0 Å². The van der Waals surface area contributed by atoms with Crippen LogP contribution in [-0.4, -0.2) is 17.4 Å². The van der Waals surface area contributed by atoms with Gasteiger partial charge in [-0.1, -0.05) is 18.2 Å². The van der Waals surface area contributed by atoms with Gasteiger partial charge in [-0.25, -0.2) is 18.2 Å². The van der Waals surface area contributed by atoms with Crippen molar-refractivity contribution in [3.8, 4) is 0 Å². The van der Waals surface area contributed by atoms with E-state index in [1.54, 1.807) is 12.1 Å². The summed E-state index contributed by atoms with van der Waals surface area (Å²) in [4.78, 5) is 18.7. The lowest BCUT2D eigenvalue weighted by Crippen LogP contribution is -2.25. The number of rotatable bonds is 3. The topological polar surface area (TPSA) is 45.2 Å². The van der Waals surface area contributed by atoms with Crippen LogP contribution in [0.3, 0.4) is 0 Å². The van der Waals surface area contributed by atoms with Gasteiger partial charge in [0, 0.05) is 18.4 Å². The number of fused-ring (bicyclic) bond motifs is 1. The van der Waals surface area contributed by atoms with Gasteiger partial charge in [0.05, 0.1) is 11.3 Å². The first kappa shape index (κ1) is 18.0. The Morgan fingerprint density at radius 2 is 1.82 bits per heavy atom. The fourth-order valence-electron chi connectivity index (χ4n) is 3.27. The molecule has 0 spiro atoms. The van der Waals surface area contributed by atoms with Crippen molar-refractivity contribution in [1.29, 1.82) is 0 Å². The third-order valence-electron chi connectivity index (χ3n) is 4.68. The lowest BCUT2D eigenvalue weighted by molar-refractivity contribution is 0.102. The number of hydrogen-bond acceptors (Lipinski definition) is 3. The average molecular weight is 383 g/mol. The van der Waals surface area contributed by atoms with Gasteiger partial charge in [-0.05, 0) is 48.7 Å². The molecule has 3 aromatic rings. The molecule has 0 saturated carbocycles. The van der Waals surface area contributed by atoms with Gasteiger partial charge in [-0.3, -0.25) is 4.79 Å². The summed E-state index contributed by atoms with van der Waals surface area (Å²) in [6, 6.07) is 13.1. The summed E-state index contributed by atoms with van der Waals surface area (Å²) >= 11 is 0. The van der Waals surface area contributed by atoms with E-state index in [0.29, 0.717) is 5.82 Å². The second kappa shape index (κ2) is 7.34. The van der Waals surface area contributed by atoms with Crippen molar-refractivity contribution in [3.05, 3.63) is 83.3 Å². The molecule has 4 rings (SSSR count). The Morgan fingerprint density at radius 3 is 2.61 bits per heavy atom. The van der Waals surface area contributed by atoms with Gasteiger partial charge in [-0.15, -0.1) is 0 Å². The first-order chi connectivity index (χ1) is 13.5. The SMILES string of the molecule is O=C(Nc1ccc(F)c(F)c1F)c1ccc(N2CCCc3ccccc32)nc1. The van der Waals surface area contributed by atoms with E-state index >= 15 is 0 Å². The number of halogens is 3. The number of amides is 1. The molecule has 1 amide bonds. The van der Waals surface area contributed by atoms with Crippen LogP contribution in [0.1, 0.15) is 22.3 Å².